The summed E-state index contributed by atoms with van der Waals surface area (Å²) < 4.78 is 34.0. The van der Waals surface area contributed by atoms with E-state index in [9.17, 15) is 13.2 Å². The highest BCUT2D eigenvalue weighted by atomic mass is 35.5. The second-order valence-corrected chi connectivity index (χ2v) is 10.4. The number of benzene rings is 3. The van der Waals surface area contributed by atoms with Gasteiger partial charge in [-0.3, -0.25) is 0 Å². The molecular formula is C28H22Cl2F3N3O2S. The fourth-order valence-electron chi connectivity index (χ4n) is 4.17. The predicted molar refractivity (Wildman–Crippen MR) is 148 cm³/mol. The molecule has 0 aliphatic heterocycles. The van der Waals surface area contributed by atoms with Crippen molar-refractivity contribution in [2.75, 3.05) is 0 Å². The highest BCUT2D eigenvalue weighted by Crippen LogP contribution is 2.35. The van der Waals surface area contributed by atoms with E-state index in [1.165, 1.54) is 16.7 Å². The maximum Gasteiger partial charge on any atom is 0.490 e. The van der Waals surface area contributed by atoms with Crippen LogP contribution in [0.3, 0.4) is 0 Å². The number of carboxylic acid groups (broad SMARTS) is 1. The van der Waals surface area contributed by atoms with Crippen molar-refractivity contribution in [1.29, 1.82) is 0 Å². The minimum absolute atomic E-state index is 0.0493. The van der Waals surface area contributed by atoms with Gasteiger partial charge in [0.1, 0.15) is 10.8 Å². The number of carboxylic acids is 1. The number of fused-ring (bicyclic) bond motifs is 1. The Labute approximate surface area is 236 Å². The third-order valence-corrected chi connectivity index (χ3v) is 7.28. The lowest BCUT2D eigenvalue weighted by molar-refractivity contribution is -0.192. The van der Waals surface area contributed by atoms with Crippen LogP contribution in [0.15, 0.2) is 78.3 Å². The van der Waals surface area contributed by atoms with E-state index in [4.69, 9.17) is 38.1 Å². The second kappa shape index (κ2) is 12.2. The van der Waals surface area contributed by atoms with Gasteiger partial charge in [0.25, 0.3) is 0 Å². The average molecular weight is 592 g/mol. The molecule has 0 aliphatic rings. The van der Waals surface area contributed by atoms with E-state index in [-0.39, 0.29) is 5.92 Å². The fraction of sp³-hybridized carbons (Fsp3) is 0.179. The smallest absolute Gasteiger partial charge is 0.475 e. The van der Waals surface area contributed by atoms with Crippen LogP contribution >= 0.6 is 34.5 Å². The molecule has 0 radical (unpaired) electrons. The molecule has 39 heavy (non-hydrogen) atoms. The topological polar surface area (TPSA) is 68.0 Å². The molecule has 1 N–H and O–H groups in total. The molecular weight excluding hydrogens is 570 g/mol. The Balaban J connectivity index is 0.000000448. The molecule has 5 aromatic rings. The van der Waals surface area contributed by atoms with Crippen molar-refractivity contribution < 1.29 is 23.1 Å². The minimum Gasteiger partial charge on any atom is -0.475 e. The molecule has 0 spiro atoms. The normalized spacial score (nSPS) is 12.2. The van der Waals surface area contributed by atoms with E-state index < -0.39 is 12.1 Å². The fourth-order valence-corrected chi connectivity index (χ4v) is 5.30. The third-order valence-electron chi connectivity index (χ3n) is 5.95. The lowest BCUT2D eigenvalue weighted by atomic mass is 9.91. The zero-order chi connectivity index (χ0) is 28.2. The average Bonchev–Trinajstić information content (AvgIpc) is 3.51. The van der Waals surface area contributed by atoms with Gasteiger partial charge in [0.05, 0.1) is 17.0 Å². The van der Waals surface area contributed by atoms with Crippen molar-refractivity contribution in [3.63, 3.8) is 0 Å². The molecule has 202 valence electrons. The number of aromatic nitrogens is 3. The number of halogens is 5. The van der Waals surface area contributed by atoms with E-state index >= 15 is 0 Å². The van der Waals surface area contributed by atoms with Gasteiger partial charge in [0.15, 0.2) is 0 Å². The van der Waals surface area contributed by atoms with E-state index in [1.807, 2.05) is 41.9 Å². The lowest BCUT2D eigenvalue weighted by Crippen LogP contribution is -2.21. The number of carbonyl (C=O) groups is 1. The van der Waals surface area contributed by atoms with Gasteiger partial charge in [0.2, 0.25) is 0 Å². The van der Waals surface area contributed by atoms with Gasteiger partial charge in [-0.1, -0.05) is 53.5 Å². The summed E-state index contributed by atoms with van der Waals surface area (Å²) in [6.45, 7) is 2.91. The summed E-state index contributed by atoms with van der Waals surface area (Å²) in [5, 5.41) is 11.7. The van der Waals surface area contributed by atoms with Crippen molar-refractivity contribution >= 4 is 51.5 Å². The molecule has 0 saturated heterocycles. The van der Waals surface area contributed by atoms with Crippen LogP contribution in [0.4, 0.5) is 13.2 Å². The number of imidazole rings is 1. The predicted octanol–water partition coefficient (Wildman–Crippen LogP) is 8.16. The van der Waals surface area contributed by atoms with Gasteiger partial charge >= 0.3 is 12.1 Å². The van der Waals surface area contributed by atoms with E-state index in [0.29, 0.717) is 0 Å². The molecule has 5 nitrogen and oxygen atoms in total. The number of thiazole rings is 1. The molecule has 2 heterocycles. The molecule has 0 fully saturated rings. The molecule has 0 amide bonds. The quantitative estimate of drug-likeness (QED) is 0.216. The van der Waals surface area contributed by atoms with Crippen LogP contribution in [0.25, 0.3) is 11.0 Å². The zero-order valence-electron chi connectivity index (χ0n) is 20.5. The maximum absolute atomic E-state index is 10.6. The Hall–Kier alpha value is -3.40. The summed E-state index contributed by atoms with van der Waals surface area (Å²) in [7, 11) is 0. The molecule has 1 unspecified atom stereocenters. The second-order valence-electron chi connectivity index (χ2n) is 8.60. The van der Waals surface area contributed by atoms with Crippen molar-refractivity contribution in [1.82, 2.24) is 14.5 Å². The van der Waals surface area contributed by atoms with Gasteiger partial charge in [0, 0.05) is 28.2 Å². The van der Waals surface area contributed by atoms with Crippen LogP contribution in [0.5, 0.6) is 0 Å². The van der Waals surface area contributed by atoms with Crippen LogP contribution in [-0.2, 0) is 17.8 Å². The van der Waals surface area contributed by atoms with Gasteiger partial charge < -0.3 is 9.67 Å². The molecule has 0 aliphatic carbocycles. The monoisotopic (exact) mass is 591 g/mol. The number of hydrogen-bond acceptors (Lipinski definition) is 4. The van der Waals surface area contributed by atoms with Crippen molar-refractivity contribution in [2.45, 2.75) is 32.0 Å². The zero-order valence-corrected chi connectivity index (χ0v) is 22.8. The van der Waals surface area contributed by atoms with Gasteiger partial charge in [-0.15, -0.1) is 11.3 Å². The molecule has 5 rings (SSSR count). The summed E-state index contributed by atoms with van der Waals surface area (Å²) in [5.74, 6) is -1.70. The molecule has 11 heteroatoms. The molecule has 3 aromatic carbocycles. The number of aryl methyl sites for hydroxylation is 3. The van der Waals surface area contributed by atoms with Gasteiger partial charge in [-0.25, -0.2) is 14.8 Å². The summed E-state index contributed by atoms with van der Waals surface area (Å²) in [4.78, 5) is 18.3. The maximum atomic E-state index is 10.6. The summed E-state index contributed by atoms with van der Waals surface area (Å²) >= 11 is 14.0. The third kappa shape index (κ3) is 7.17. The van der Waals surface area contributed by atoms with Gasteiger partial charge in [-0.05, 0) is 66.4 Å². The summed E-state index contributed by atoms with van der Waals surface area (Å²) in [6.07, 6.45) is -2.33. The summed E-state index contributed by atoms with van der Waals surface area (Å²) in [5.41, 5.74) is 5.73. The van der Waals surface area contributed by atoms with E-state index in [0.717, 1.165) is 44.9 Å². The standard InChI is InChI=1S/C26H21Cl2N3S.C2HF3O2/c1-17-30-23-10-7-20(16-24(23)31(17)13-11-18-3-2-4-22(28)15-18)25(26-29-12-14-32-26)19-5-8-21(27)9-6-19;3-2(4,5)1(6)7/h2-10,12,14-16,25H,11,13H2,1H3;(H,6,7). The van der Waals surface area contributed by atoms with Crippen LogP contribution < -0.4 is 0 Å². The Morgan fingerprint density at radius 2 is 1.72 bits per heavy atom. The first kappa shape index (κ1) is 28.6. The van der Waals surface area contributed by atoms with Crippen LogP contribution in [0.1, 0.15) is 33.4 Å². The highest BCUT2D eigenvalue weighted by Gasteiger charge is 2.38. The largest absolute Gasteiger partial charge is 0.490 e. The summed E-state index contributed by atoms with van der Waals surface area (Å²) in [6, 6.07) is 22.6. The Morgan fingerprint density at radius 3 is 2.33 bits per heavy atom. The van der Waals surface area contributed by atoms with Crippen molar-refractivity contribution in [2.24, 2.45) is 0 Å². The number of alkyl halides is 3. The lowest BCUT2D eigenvalue weighted by Gasteiger charge is -2.17. The number of nitrogens with zero attached hydrogens (tertiary/aromatic N) is 3. The Morgan fingerprint density at radius 1 is 1.03 bits per heavy atom. The first-order valence-corrected chi connectivity index (χ1v) is 13.3. The first-order valence-electron chi connectivity index (χ1n) is 11.7. The SMILES string of the molecule is Cc1nc2ccc(C(c3ccc(Cl)cc3)c3nccs3)cc2n1CCc1cccc(Cl)c1.O=C(O)C(F)(F)F. The number of aliphatic carboxylic acids is 1. The van der Waals surface area contributed by atoms with Gasteiger partial charge in [-0.2, -0.15) is 13.2 Å². The Bertz CT molecular complexity index is 1570. The molecule has 0 bridgehead atoms. The van der Waals surface area contributed by atoms with Crippen molar-refractivity contribution in [3.8, 4) is 0 Å². The van der Waals surface area contributed by atoms with Crippen molar-refractivity contribution in [3.05, 3.63) is 116 Å². The number of hydrogen-bond donors (Lipinski definition) is 1. The van der Waals surface area contributed by atoms with Crippen LogP contribution in [0.2, 0.25) is 10.0 Å². The Kier molecular flexibility index (Phi) is 8.94. The molecule has 2 aromatic heterocycles. The van der Waals surface area contributed by atoms with Crippen LogP contribution in [0, 0.1) is 6.92 Å². The highest BCUT2D eigenvalue weighted by molar-refractivity contribution is 7.09. The molecule has 1 atom stereocenters. The van der Waals surface area contributed by atoms with Crippen LogP contribution in [-0.4, -0.2) is 31.8 Å². The van der Waals surface area contributed by atoms with E-state index in [1.54, 1.807) is 11.3 Å². The first-order chi connectivity index (χ1) is 18.5. The van der Waals surface area contributed by atoms with E-state index in [2.05, 4.69) is 52.9 Å². The minimum atomic E-state index is -5.08. The number of rotatable bonds is 6. The molecule has 0 saturated carbocycles.